The summed E-state index contributed by atoms with van der Waals surface area (Å²) < 4.78 is 99.1. The summed E-state index contributed by atoms with van der Waals surface area (Å²) in [7, 11) is 0. The quantitative estimate of drug-likeness (QED) is 0.131. The highest BCUT2D eigenvalue weighted by atomic mass is 32.1. The Bertz CT molecular complexity index is 2470. The molecule has 0 amide bonds. The molecular formula is C42H43F5N8O3S. The number of alkyl halides is 3. The van der Waals surface area contributed by atoms with Gasteiger partial charge in [-0.2, -0.15) is 28.4 Å². The zero-order chi connectivity index (χ0) is 41.2. The molecule has 2 unspecified atom stereocenters. The highest BCUT2D eigenvalue weighted by Crippen LogP contribution is 2.54. The lowest BCUT2D eigenvalue weighted by molar-refractivity contribution is -0.138. The largest absolute Gasteiger partial charge is 0.490 e. The Balaban J connectivity index is 1.32. The SMILES string of the molecule is CC(C)Nc1sc2c(F)ccc(-c3c(C(F)(F)F)c4c5c(nc(OCC67CCCN6CCC7)nc5c3F)N(C(CC3CCOC3)c3cccnc3N)CCO4)c2c1C#N. The second-order valence-corrected chi connectivity index (χ2v) is 17.2. The first-order valence-corrected chi connectivity index (χ1v) is 20.8. The number of rotatable bonds is 10. The van der Waals surface area contributed by atoms with E-state index in [1.165, 1.54) is 0 Å². The highest BCUT2D eigenvalue weighted by Gasteiger charge is 2.47. The number of fused-ring (bicyclic) bond motifs is 2. The fourth-order valence-corrected chi connectivity index (χ4v) is 10.8. The molecule has 3 saturated heterocycles. The summed E-state index contributed by atoms with van der Waals surface area (Å²) in [6, 6.07) is 6.68. The Labute approximate surface area is 341 Å². The molecule has 59 heavy (non-hydrogen) atoms. The molecule has 17 heteroatoms. The summed E-state index contributed by atoms with van der Waals surface area (Å²) in [5.41, 5.74) is 3.65. The van der Waals surface area contributed by atoms with Gasteiger partial charge in [-0.15, -0.1) is 11.3 Å². The number of halogens is 5. The third kappa shape index (κ3) is 6.82. The first-order valence-electron chi connectivity index (χ1n) is 20.0. The molecule has 0 saturated carbocycles. The van der Waals surface area contributed by atoms with E-state index in [4.69, 9.17) is 24.9 Å². The highest BCUT2D eigenvalue weighted by molar-refractivity contribution is 7.23. The van der Waals surface area contributed by atoms with Crippen LogP contribution in [0.4, 0.5) is 38.6 Å². The van der Waals surface area contributed by atoms with Crippen molar-refractivity contribution in [3.05, 3.63) is 58.8 Å². The van der Waals surface area contributed by atoms with Gasteiger partial charge in [-0.3, -0.25) is 4.90 Å². The summed E-state index contributed by atoms with van der Waals surface area (Å²) in [6.07, 6.45) is 1.37. The predicted molar refractivity (Wildman–Crippen MR) is 215 cm³/mol. The molecule has 3 aromatic heterocycles. The van der Waals surface area contributed by atoms with Crippen LogP contribution in [0.5, 0.6) is 11.8 Å². The summed E-state index contributed by atoms with van der Waals surface area (Å²) in [4.78, 5) is 17.9. The van der Waals surface area contributed by atoms with Crippen LogP contribution in [0.25, 0.3) is 32.1 Å². The number of nitrogen functional groups attached to an aromatic ring is 1. The number of benzene rings is 2. The molecule has 3 N–H and O–H groups in total. The second kappa shape index (κ2) is 15.2. The minimum Gasteiger partial charge on any atom is -0.490 e. The number of nitrogens with one attached hydrogen (secondary N) is 1. The van der Waals surface area contributed by atoms with E-state index in [-0.39, 0.29) is 86.5 Å². The molecule has 3 fully saturated rings. The summed E-state index contributed by atoms with van der Waals surface area (Å²) >= 11 is 0.881. The molecule has 2 atom stereocenters. The molecule has 0 bridgehead atoms. The van der Waals surface area contributed by atoms with E-state index < -0.39 is 46.2 Å². The number of pyridine rings is 1. The first-order chi connectivity index (χ1) is 28.4. The van der Waals surface area contributed by atoms with E-state index in [1.807, 2.05) is 26.0 Å². The third-order valence-electron chi connectivity index (χ3n) is 12.2. The predicted octanol–water partition coefficient (Wildman–Crippen LogP) is 8.85. The van der Waals surface area contributed by atoms with Gasteiger partial charge in [0.15, 0.2) is 5.82 Å². The zero-order valence-corrected chi connectivity index (χ0v) is 33.4. The summed E-state index contributed by atoms with van der Waals surface area (Å²) in [5.74, 6) is -2.46. The Morgan fingerprint density at radius 2 is 1.90 bits per heavy atom. The van der Waals surface area contributed by atoms with E-state index in [0.29, 0.717) is 25.2 Å². The van der Waals surface area contributed by atoms with Gasteiger partial charge in [0, 0.05) is 42.0 Å². The van der Waals surface area contributed by atoms with E-state index in [1.54, 1.807) is 17.2 Å². The molecule has 0 spiro atoms. The normalized spacial score (nSPS) is 19.6. The maximum Gasteiger partial charge on any atom is 0.420 e. The summed E-state index contributed by atoms with van der Waals surface area (Å²) in [6.45, 7) is 6.50. The molecule has 310 valence electrons. The van der Waals surface area contributed by atoms with Crippen LogP contribution in [0.3, 0.4) is 0 Å². The number of aromatic nitrogens is 3. The topological polar surface area (TPSA) is 135 Å². The maximum atomic E-state index is 17.9. The molecule has 9 rings (SSSR count). The number of nitriles is 1. The molecule has 0 aliphatic carbocycles. The van der Waals surface area contributed by atoms with Crippen molar-refractivity contribution in [1.29, 1.82) is 5.26 Å². The third-order valence-corrected chi connectivity index (χ3v) is 13.3. The van der Waals surface area contributed by atoms with Crippen molar-refractivity contribution in [2.45, 2.75) is 76.2 Å². The van der Waals surface area contributed by atoms with Crippen molar-refractivity contribution in [3.8, 4) is 29.0 Å². The smallest absolute Gasteiger partial charge is 0.420 e. The maximum absolute atomic E-state index is 17.9. The standard InChI is InChI=1S/C42H43F5N8O3S/c1-22(2)51-39-26(19-48)29-25(7-8-27(43)36(29)59-39)30-32(42(45,46)47)35-31-34(33(30)44)52-40(58-21-41-10-4-13-54(41)14-5-11-41)53-38(31)55(15-17-57-35)28(18-23-9-16-56-20-23)24-6-3-12-50-37(24)49/h3,6-8,12,22-23,28,51H,4-5,9-11,13-18,20-21H2,1-2H3,(H2,49,50). The van der Waals surface area contributed by atoms with E-state index in [9.17, 15) is 5.26 Å². The van der Waals surface area contributed by atoms with Crippen LogP contribution in [0.15, 0.2) is 30.5 Å². The molecule has 0 radical (unpaired) electrons. The fourth-order valence-electron chi connectivity index (χ4n) is 9.59. The van der Waals surface area contributed by atoms with Crippen LogP contribution in [0.1, 0.15) is 75.1 Å². The molecule has 5 aromatic rings. The first kappa shape index (κ1) is 39.4. The van der Waals surface area contributed by atoms with Gasteiger partial charge in [0.05, 0.1) is 33.8 Å². The van der Waals surface area contributed by atoms with Crippen molar-refractivity contribution in [2.75, 3.05) is 62.0 Å². The van der Waals surface area contributed by atoms with Crippen LogP contribution in [0, 0.1) is 28.9 Å². The Hall–Kier alpha value is -5.05. The average molecular weight is 835 g/mol. The molecule has 11 nitrogen and oxygen atoms in total. The fraction of sp³-hybridized carbons (Fsp3) is 0.476. The lowest BCUT2D eigenvalue weighted by Gasteiger charge is -2.34. The van der Waals surface area contributed by atoms with Crippen LogP contribution in [-0.2, 0) is 10.9 Å². The lowest BCUT2D eigenvalue weighted by Crippen LogP contribution is -2.43. The second-order valence-electron chi connectivity index (χ2n) is 16.2. The number of hydrogen-bond donors (Lipinski definition) is 2. The number of ether oxygens (including phenoxy) is 3. The number of nitrogens with zero attached hydrogens (tertiary/aromatic N) is 6. The van der Waals surface area contributed by atoms with Crippen LogP contribution in [-0.4, -0.2) is 77.5 Å². The van der Waals surface area contributed by atoms with Gasteiger partial charge in [0.1, 0.15) is 58.6 Å². The number of hydrogen-bond acceptors (Lipinski definition) is 12. The molecule has 7 heterocycles. The zero-order valence-electron chi connectivity index (χ0n) is 32.6. The van der Waals surface area contributed by atoms with Crippen LogP contribution in [0.2, 0.25) is 0 Å². The summed E-state index contributed by atoms with van der Waals surface area (Å²) in [5, 5.41) is 13.3. The van der Waals surface area contributed by atoms with E-state index in [2.05, 4.69) is 20.2 Å². The van der Waals surface area contributed by atoms with Gasteiger partial charge in [0.25, 0.3) is 0 Å². The van der Waals surface area contributed by atoms with Crippen LogP contribution >= 0.6 is 11.3 Å². The molecule has 2 aromatic carbocycles. The van der Waals surface area contributed by atoms with Gasteiger partial charge in [-0.05, 0) is 89.1 Å². The lowest BCUT2D eigenvalue weighted by atomic mass is 9.91. The molecule has 4 aliphatic rings. The van der Waals surface area contributed by atoms with Crippen molar-refractivity contribution >= 4 is 49.0 Å². The Morgan fingerprint density at radius 3 is 2.59 bits per heavy atom. The van der Waals surface area contributed by atoms with Crippen molar-refractivity contribution in [3.63, 3.8) is 0 Å². The number of anilines is 3. The van der Waals surface area contributed by atoms with Gasteiger partial charge in [-0.25, -0.2) is 13.8 Å². The Morgan fingerprint density at radius 1 is 1.10 bits per heavy atom. The monoisotopic (exact) mass is 834 g/mol. The van der Waals surface area contributed by atoms with Crippen molar-refractivity contribution < 1.29 is 36.2 Å². The number of nitrogens with two attached hydrogens (primary N) is 1. The Kier molecular flexibility index (Phi) is 10.2. The van der Waals surface area contributed by atoms with Crippen LogP contribution < -0.4 is 25.4 Å². The van der Waals surface area contributed by atoms with Gasteiger partial charge in [-0.1, -0.05) is 12.1 Å². The molecule has 4 aliphatic heterocycles. The van der Waals surface area contributed by atoms with Gasteiger partial charge >= 0.3 is 12.2 Å². The van der Waals surface area contributed by atoms with E-state index >= 15 is 22.0 Å². The minimum absolute atomic E-state index is 0.00580. The van der Waals surface area contributed by atoms with E-state index in [0.717, 1.165) is 68.7 Å². The van der Waals surface area contributed by atoms with Gasteiger partial charge in [0.2, 0.25) is 0 Å². The van der Waals surface area contributed by atoms with Gasteiger partial charge < -0.3 is 30.2 Å². The average Bonchev–Trinajstić information content (AvgIpc) is 3.99. The minimum atomic E-state index is -5.20. The van der Waals surface area contributed by atoms with Crippen molar-refractivity contribution in [1.82, 2.24) is 19.9 Å². The molecular weight excluding hydrogens is 792 g/mol. The number of thiophene rings is 1. The van der Waals surface area contributed by atoms with Crippen molar-refractivity contribution in [2.24, 2.45) is 5.92 Å².